The molecule has 140 valence electrons. The Kier molecular flexibility index (Phi) is 10.3. The number of carbonyl (C=O) groups is 1. The third kappa shape index (κ3) is 7.85. The topological polar surface area (TPSA) is 65.5 Å². The first kappa shape index (κ1) is 22.1. The first-order chi connectivity index (χ1) is 11.6. The molecule has 7 heteroatoms. The Hall–Kier alpha value is -0.960. The van der Waals surface area contributed by atoms with Crippen molar-refractivity contribution in [3.05, 3.63) is 29.8 Å². The van der Waals surface area contributed by atoms with Crippen LogP contribution in [0.25, 0.3) is 0 Å². The van der Waals surface area contributed by atoms with Crippen molar-refractivity contribution in [2.45, 2.75) is 50.9 Å². The molecule has 0 radical (unpaired) electrons. The maximum atomic E-state index is 11.2. The summed E-state index contributed by atoms with van der Waals surface area (Å²) in [5.41, 5.74) is 1.89. The van der Waals surface area contributed by atoms with E-state index in [1.807, 2.05) is 36.0 Å². The second-order valence-corrected chi connectivity index (χ2v) is 7.23. The monoisotopic (exact) mass is 476 g/mol. The molecule has 2 rings (SSSR count). The van der Waals surface area contributed by atoms with E-state index in [0.29, 0.717) is 12.6 Å². The molecule has 0 aliphatic heterocycles. The zero-order chi connectivity index (χ0) is 17.4. The maximum Gasteiger partial charge on any atom is 0.221 e. The van der Waals surface area contributed by atoms with Gasteiger partial charge in [-0.25, -0.2) is 4.99 Å². The molecule has 3 N–H and O–H groups in total. The van der Waals surface area contributed by atoms with E-state index in [-0.39, 0.29) is 29.9 Å². The molecule has 2 unspecified atom stereocenters. The van der Waals surface area contributed by atoms with Gasteiger partial charge in [0.05, 0.1) is 6.54 Å². The molecule has 25 heavy (non-hydrogen) atoms. The Balaban J connectivity index is 0.00000312. The van der Waals surface area contributed by atoms with Gasteiger partial charge < -0.3 is 16.0 Å². The van der Waals surface area contributed by atoms with Crippen molar-refractivity contribution in [2.75, 3.05) is 18.1 Å². The third-order valence-corrected chi connectivity index (χ3v) is 5.16. The lowest BCUT2D eigenvalue weighted by Crippen LogP contribution is -2.42. The number of benzene rings is 1. The molecule has 2 atom stereocenters. The second-order valence-electron chi connectivity index (χ2n) is 6.09. The molecular formula is C18H29IN4OS. The van der Waals surface area contributed by atoms with Crippen molar-refractivity contribution < 1.29 is 4.79 Å². The SMILES string of the molecule is CCNC(=NCc1cccc(NC(C)=O)c1)NC1CCC(SC)C1.I. The number of halogens is 1. The van der Waals surface area contributed by atoms with Crippen molar-refractivity contribution in [3.8, 4) is 0 Å². The molecule has 0 saturated heterocycles. The lowest BCUT2D eigenvalue weighted by molar-refractivity contribution is -0.114. The predicted octanol–water partition coefficient (Wildman–Crippen LogP) is 3.60. The number of hydrogen-bond donors (Lipinski definition) is 3. The predicted molar refractivity (Wildman–Crippen MR) is 119 cm³/mol. The van der Waals surface area contributed by atoms with Crippen molar-refractivity contribution in [1.82, 2.24) is 10.6 Å². The van der Waals surface area contributed by atoms with E-state index in [9.17, 15) is 4.79 Å². The number of thioether (sulfide) groups is 1. The third-order valence-electron chi connectivity index (χ3n) is 4.07. The number of anilines is 1. The number of rotatable bonds is 6. The molecule has 1 amide bonds. The number of aliphatic imine (C=N–C) groups is 1. The molecule has 1 aromatic carbocycles. The number of nitrogens with zero attached hydrogens (tertiary/aromatic N) is 1. The number of hydrogen-bond acceptors (Lipinski definition) is 3. The summed E-state index contributed by atoms with van der Waals surface area (Å²) in [5, 5.41) is 10.4. The van der Waals surface area contributed by atoms with E-state index in [0.717, 1.165) is 29.0 Å². The number of carbonyl (C=O) groups excluding carboxylic acids is 1. The molecule has 1 saturated carbocycles. The summed E-state index contributed by atoms with van der Waals surface area (Å²) in [6.07, 6.45) is 5.86. The van der Waals surface area contributed by atoms with Crippen LogP contribution in [0.2, 0.25) is 0 Å². The summed E-state index contributed by atoms with van der Waals surface area (Å²) in [7, 11) is 0. The standard InChI is InChI=1S/C18H28N4OS.HI/c1-4-19-18(22-16-8-9-17(11-16)24-3)20-12-14-6-5-7-15(10-14)21-13(2)23;/h5-7,10,16-17H,4,8-9,11-12H2,1-3H3,(H,21,23)(H2,19,20,22);1H. The summed E-state index contributed by atoms with van der Waals surface area (Å²) in [6, 6.07) is 8.33. The average Bonchev–Trinajstić information content (AvgIpc) is 3.00. The van der Waals surface area contributed by atoms with Gasteiger partial charge in [-0.2, -0.15) is 11.8 Å². The van der Waals surface area contributed by atoms with E-state index >= 15 is 0 Å². The van der Waals surface area contributed by atoms with Gasteiger partial charge >= 0.3 is 0 Å². The van der Waals surface area contributed by atoms with E-state index in [1.165, 1.54) is 26.2 Å². The number of nitrogens with one attached hydrogen (secondary N) is 3. The van der Waals surface area contributed by atoms with Gasteiger partial charge in [0, 0.05) is 30.4 Å². The van der Waals surface area contributed by atoms with E-state index in [4.69, 9.17) is 4.99 Å². The zero-order valence-electron chi connectivity index (χ0n) is 15.2. The number of guanidine groups is 1. The molecule has 1 fully saturated rings. The highest BCUT2D eigenvalue weighted by molar-refractivity contribution is 14.0. The highest BCUT2D eigenvalue weighted by Gasteiger charge is 2.24. The van der Waals surface area contributed by atoms with Crippen molar-refractivity contribution in [1.29, 1.82) is 0 Å². The van der Waals surface area contributed by atoms with Crippen LogP contribution >= 0.6 is 35.7 Å². The fraction of sp³-hybridized carbons (Fsp3) is 0.556. The highest BCUT2D eigenvalue weighted by Crippen LogP contribution is 2.28. The summed E-state index contributed by atoms with van der Waals surface area (Å²) >= 11 is 1.96. The Morgan fingerprint density at radius 2 is 2.16 bits per heavy atom. The highest BCUT2D eigenvalue weighted by atomic mass is 127. The fourth-order valence-electron chi connectivity index (χ4n) is 2.92. The molecule has 1 aromatic rings. The molecule has 1 aliphatic rings. The van der Waals surface area contributed by atoms with Crippen LogP contribution < -0.4 is 16.0 Å². The van der Waals surface area contributed by atoms with Gasteiger partial charge in [0.1, 0.15) is 0 Å². The quantitative estimate of drug-likeness (QED) is 0.334. The van der Waals surface area contributed by atoms with Crippen LogP contribution in [0, 0.1) is 0 Å². The summed E-state index contributed by atoms with van der Waals surface area (Å²) in [4.78, 5) is 15.9. The zero-order valence-corrected chi connectivity index (χ0v) is 18.3. The van der Waals surface area contributed by atoms with Crippen LogP contribution in [-0.4, -0.2) is 36.0 Å². The van der Waals surface area contributed by atoms with Crippen molar-refractivity contribution >= 4 is 53.3 Å². The van der Waals surface area contributed by atoms with Gasteiger partial charge in [-0.15, -0.1) is 24.0 Å². The van der Waals surface area contributed by atoms with Gasteiger partial charge in [-0.05, 0) is 50.1 Å². The normalized spacial score (nSPS) is 19.9. The van der Waals surface area contributed by atoms with Gasteiger partial charge in [-0.1, -0.05) is 12.1 Å². The lowest BCUT2D eigenvalue weighted by atomic mass is 10.2. The van der Waals surface area contributed by atoms with Crippen LogP contribution in [0.3, 0.4) is 0 Å². The first-order valence-corrected chi connectivity index (χ1v) is 9.83. The average molecular weight is 476 g/mol. The summed E-state index contributed by atoms with van der Waals surface area (Å²) < 4.78 is 0. The van der Waals surface area contributed by atoms with E-state index in [2.05, 4.69) is 29.1 Å². The Morgan fingerprint density at radius 3 is 2.80 bits per heavy atom. The van der Waals surface area contributed by atoms with Gasteiger partial charge in [0.25, 0.3) is 0 Å². The van der Waals surface area contributed by atoms with Crippen LogP contribution in [0.15, 0.2) is 29.3 Å². The van der Waals surface area contributed by atoms with Crippen LogP contribution in [-0.2, 0) is 11.3 Å². The minimum atomic E-state index is -0.0600. The fourth-order valence-corrected chi connectivity index (χ4v) is 3.72. The Morgan fingerprint density at radius 1 is 1.36 bits per heavy atom. The van der Waals surface area contributed by atoms with E-state index in [1.54, 1.807) is 0 Å². The minimum Gasteiger partial charge on any atom is -0.357 e. The Bertz CT molecular complexity index is 582. The van der Waals surface area contributed by atoms with Gasteiger partial charge in [-0.3, -0.25) is 4.79 Å². The molecule has 0 bridgehead atoms. The smallest absolute Gasteiger partial charge is 0.221 e. The molecule has 0 aromatic heterocycles. The maximum absolute atomic E-state index is 11.2. The van der Waals surface area contributed by atoms with Crippen LogP contribution in [0.1, 0.15) is 38.7 Å². The first-order valence-electron chi connectivity index (χ1n) is 8.55. The van der Waals surface area contributed by atoms with Crippen molar-refractivity contribution in [3.63, 3.8) is 0 Å². The van der Waals surface area contributed by atoms with Gasteiger partial charge in [0.2, 0.25) is 5.91 Å². The van der Waals surface area contributed by atoms with Crippen LogP contribution in [0.4, 0.5) is 5.69 Å². The summed E-state index contributed by atoms with van der Waals surface area (Å²) in [5.74, 6) is 0.810. The minimum absolute atomic E-state index is 0. The summed E-state index contributed by atoms with van der Waals surface area (Å²) in [6.45, 7) is 5.02. The number of amides is 1. The van der Waals surface area contributed by atoms with E-state index < -0.39 is 0 Å². The van der Waals surface area contributed by atoms with Crippen LogP contribution in [0.5, 0.6) is 0 Å². The van der Waals surface area contributed by atoms with Gasteiger partial charge in [0.15, 0.2) is 5.96 Å². The lowest BCUT2D eigenvalue weighted by Gasteiger charge is -2.17. The molecule has 5 nitrogen and oxygen atoms in total. The van der Waals surface area contributed by atoms with Crippen molar-refractivity contribution in [2.24, 2.45) is 4.99 Å². The molecule has 0 spiro atoms. The molecule has 1 aliphatic carbocycles. The second kappa shape index (κ2) is 11.6. The Labute approximate surface area is 172 Å². The molecular weight excluding hydrogens is 447 g/mol. The molecule has 0 heterocycles. The largest absolute Gasteiger partial charge is 0.357 e.